The normalized spacial score (nSPS) is 15.2. The minimum absolute atomic E-state index is 0.135. The van der Waals surface area contributed by atoms with E-state index in [2.05, 4.69) is 5.43 Å². The summed E-state index contributed by atoms with van der Waals surface area (Å²) in [6, 6.07) is 6.77. The predicted molar refractivity (Wildman–Crippen MR) is 76.8 cm³/mol. The quantitative estimate of drug-likeness (QED) is 0.352. The molecule has 0 bridgehead atoms. The predicted octanol–water partition coefficient (Wildman–Crippen LogP) is 0.465. The Bertz CT molecular complexity index is 488. The molecule has 1 aromatic rings. The number of thiocarbonyl (C=S) groups is 1. The average Bonchev–Trinajstić information content (AvgIpc) is 2.46. The lowest BCUT2D eigenvalue weighted by atomic mass is 10.2. The molecule has 19 heavy (non-hydrogen) atoms. The summed E-state index contributed by atoms with van der Waals surface area (Å²) >= 11 is 5.06. The number of hydrogen-bond donors (Lipinski definition) is 2. The molecule has 1 heterocycles. The molecule has 1 aromatic carbocycles. The summed E-state index contributed by atoms with van der Waals surface area (Å²) < 4.78 is 0. The molecular weight excluding hydrogens is 266 g/mol. The summed E-state index contributed by atoms with van der Waals surface area (Å²) in [5.41, 5.74) is 3.24. The number of nitro benzene ring substituents is 1. The van der Waals surface area contributed by atoms with Crippen LogP contribution in [0.15, 0.2) is 24.3 Å². The highest BCUT2D eigenvalue weighted by atomic mass is 32.1. The standard InChI is InChI=1S/C11H15N5O2S/c12-13-11(19)15-7-5-14(6-8-15)9-3-1-2-4-10(9)16(17)18/h1-4H,5-8,12H2,(H,13,19). The highest BCUT2D eigenvalue weighted by Gasteiger charge is 2.23. The third-order valence-corrected chi connectivity index (χ3v) is 3.49. The molecule has 0 aromatic heterocycles. The van der Waals surface area contributed by atoms with E-state index in [0.717, 1.165) is 0 Å². The van der Waals surface area contributed by atoms with Gasteiger partial charge in [-0.2, -0.15) is 0 Å². The number of rotatable bonds is 2. The molecule has 1 aliphatic rings. The van der Waals surface area contributed by atoms with Crippen molar-refractivity contribution in [1.82, 2.24) is 10.3 Å². The van der Waals surface area contributed by atoms with Gasteiger partial charge in [-0.25, -0.2) is 5.84 Å². The smallest absolute Gasteiger partial charge is 0.292 e. The lowest BCUT2D eigenvalue weighted by Gasteiger charge is -2.36. The van der Waals surface area contributed by atoms with Crippen molar-refractivity contribution in [3.05, 3.63) is 34.4 Å². The molecule has 1 fully saturated rings. The number of benzene rings is 1. The second-order valence-electron chi connectivity index (χ2n) is 4.17. The topological polar surface area (TPSA) is 87.7 Å². The van der Waals surface area contributed by atoms with Gasteiger partial charge < -0.3 is 15.2 Å². The number of hydrazine groups is 1. The molecule has 102 valence electrons. The van der Waals surface area contributed by atoms with Gasteiger partial charge in [0.2, 0.25) is 0 Å². The Labute approximate surface area is 116 Å². The molecular formula is C11H15N5O2S. The van der Waals surface area contributed by atoms with Gasteiger partial charge in [0.15, 0.2) is 5.11 Å². The Morgan fingerprint density at radius 2 is 1.95 bits per heavy atom. The zero-order valence-electron chi connectivity index (χ0n) is 10.3. The first-order valence-electron chi connectivity index (χ1n) is 5.87. The molecule has 0 atom stereocenters. The number of nitrogens with two attached hydrogens (primary N) is 1. The van der Waals surface area contributed by atoms with Crippen LogP contribution in [0.4, 0.5) is 11.4 Å². The largest absolute Gasteiger partial charge is 0.362 e. The molecule has 3 N–H and O–H groups in total. The van der Waals surface area contributed by atoms with E-state index in [9.17, 15) is 10.1 Å². The van der Waals surface area contributed by atoms with Crippen LogP contribution in [0.25, 0.3) is 0 Å². The van der Waals surface area contributed by atoms with Gasteiger partial charge in [-0.1, -0.05) is 12.1 Å². The molecule has 0 amide bonds. The third-order valence-electron chi connectivity index (χ3n) is 3.11. The summed E-state index contributed by atoms with van der Waals surface area (Å²) in [6.07, 6.45) is 0. The molecule has 0 radical (unpaired) electrons. The second kappa shape index (κ2) is 5.81. The van der Waals surface area contributed by atoms with Crippen LogP contribution in [0.2, 0.25) is 0 Å². The minimum atomic E-state index is -0.353. The van der Waals surface area contributed by atoms with Gasteiger partial charge in [0.25, 0.3) is 5.69 Å². The van der Waals surface area contributed by atoms with E-state index in [1.165, 1.54) is 6.07 Å². The van der Waals surface area contributed by atoms with Gasteiger partial charge in [0.1, 0.15) is 5.69 Å². The lowest BCUT2D eigenvalue weighted by molar-refractivity contribution is -0.384. The first kappa shape index (κ1) is 13.5. The molecule has 1 saturated heterocycles. The van der Waals surface area contributed by atoms with Crippen molar-refractivity contribution in [3.63, 3.8) is 0 Å². The number of nitro groups is 1. The van der Waals surface area contributed by atoms with Crippen LogP contribution in [-0.4, -0.2) is 41.1 Å². The van der Waals surface area contributed by atoms with Crippen LogP contribution in [0.1, 0.15) is 0 Å². The van der Waals surface area contributed by atoms with Gasteiger partial charge in [-0.3, -0.25) is 10.1 Å². The number of para-hydroxylation sites is 2. The van der Waals surface area contributed by atoms with Gasteiger partial charge in [0.05, 0.1) is 4.92 Å². The van der Waals surface area contributed by atoms with Crippen molar-refractivity contribution in [2.24, 2.45) is 5.84 Å². The summed E-state index contributed by atoms with van der Waals surface area (Å²) in [4.78, 5) is 14.6. The minimum Gasteiger partial charge on any atom is -0.362 e. The number of piperazine rings is 1. The Hall–Kier alpha value is -1.93. The Morgan fingerprint density at radius 1 is 1.32 bits per heavy atom. The fourth-order valence-electron chi connectivity index (χ4n) is 2.13. The van der Waals surface area contributed by atoms with Gasteiger partial charge in [0, 0.05) is 32.2 Å². The maximum absolute atomic E-state index is 11.0. The fraction of sp³-hybridized carbons (Fsp3) is 0.364. The summed E-state index contributed by atoms with van der Waals surface area (Å²) in [7, 11) is 0. The molecule has 8 heteroatoms. The first-order valence-corrected chi connectivity index (χ1v) is 6.28. The van der Waals surface area contributed by atoms with Crippen LogP contribution >= 0.6 is 12.2 Å². The van der Waals surface area contributed by atoms with Crippen molar-refractivity contribution in [1.29, 1.82) is 0 Å². The molecule has 0 unspecified atom stereocenters. The van der Waals surface area contributed by atoms with Gasteiger partial charge in [-0.05, 0) is 18.3 Å². The van der Waals surface area contributed by atoms with Gasteiger partial charge >= 0.3 is 0 Å². The zero-order chi connectivity index (χ0) is 13.8. The molecule has 7 nitrogen and oxygen atoms in total. The SMILES string of the molecule is NNC(=S)N1CCN(c2ccccc2[N+](=O)[O-])CC1. The number of nitrogens with one attached hydrogen (secondary N) is 1. The summed E-state index contributed by atoms with van der Waals surface area (Å²) in [5.74, 6) is 5.28. The van der Waals surface area contributed by atoms with E-state index in [0.29, 0.717) is 37.0 Å². The number of anilines is 1. The number of hydrogen-bond acceptors (Lipinski definition) is 5. The molecule has 0 aliphatic carbocycles. The second-order valence-corrected chi connectivity index (χ2v) is 4.56. The Morgan fingerprint density at radius 3 is 2.53 bits per heavy atom. The lowest BCUT2D eigenvalue weighted by Crippen LogP contribution is -2.53. The molecule has 0 spiro atoms. The summed E-state index contributed by atoms with van der Waals surface area (Å²) in [5, 5.41) is 11.5. The van der Waals surface area contributed by atoms with E-state index < -0.39 is 0 Å². The molecule has 0 saturated carbocycles. The van der Waals surface area contributed by atoms with E-state index in [-0.39, 0.29) is 10.6 Å². The van der Waals surface area contributed by atoms with Crippen LogP contribution in [0, 0.1) is 10.1 Å². The van der Waals surface area contributed by atoms with Crippen molar-refractivity contribution >= 4 is 28.7 Å². The number of nitrogens with zero attached hydrogens (tertiary/aromatic N) is 3. The van der Waals surface area contributed by atoms with Crippen LogP contribution < -0.4 is 16.2 Å². The zero-order valence-corrected chi connectivity index (χ0v) is 11.1. The van der Waals surface area contributed by atoms with Crippen LogP contribution in [0.5, 0.6) is 0 Å². The molecule has 2 rings (SSSR count). The highest BCUT2D eigenvalue weighted by Crippen LogP contribution is 2.28. The van der Waals surface area contributed by atoms with Crippen molar-refractivity contribution in [2.45, 2.75) is 0 Å². The third kappa shape index (κ3) is 2.91. The maximum Gasteiger partial charge on any atom is 0.292 e. The van der Waals surface area contributed by atoms with E-state index in [4.69, 9.17) is 18.1 Å². The molecule has 1 aliphatic heterocycles. The Balaban J connectivity index is 2.10. The van der Waals surface area contributed by atoms with Crippen LogP contribution in [-0.2, 0) is 0 Å². The van der Waals surface area contributed by atoms with Gasteiger partial charge in [-0.15, -0.1) is 0 Å². The Kier molecular flexibility index (Phi) is 4.13. The first-order chi connectivity index (χ1) is 9.13. The average molecular weight is 281 g/mol. The summed E-state index contributed by atoms with van der Waals surface area (Å²) in [6.45, 7) is 2.73. The maximum atomic E-state index is 11.0. The highest BCUT2D eigenvalue weighted by molar-refractivity contribution is 7.80. The van der Waals surface area contributed by atoms with E-state index >= 15 is 0 Å². The van der Waals surface area contributed by atoms with Crippen LogP contribution in [0.3, 0.4) is 0 Å². The fourth-order valence-corrected chi connectivity index (χ4v) is 2.31. The van der Waals surface area contributed by atoms with Crippen molar-refractivity contribution in [3.8, 4) is 0 Å². The van der Waals surface area contributed by atoms with Crippen molar-refractivity contribution in [2.75, 3.05) is 31.1 Å². The van der Waals surface area contributed by atoms with Crippen molar-refractivity contribution < 1.29 is 4.92 Å². The van der Waals surface area contributed by atoms with E-state index in [1.54, 1.807) is 18.2 Å². The van der Waals surface area contributed by atoms with E-state index in [1.807, 2.05) is 9.80 Å². The monoisotopic (exact) mass is 281 g/mol.